The molecule has 0 spiro atoms. The zero-order valence-electron chi connectivity index (χ0n) is 22.2. The molecule has 5 rings (SSSR count). The quantitative estimate of drug-likeness (QED) is 0.259. The van der Waals surface area contributed by atoms with Gasteiger partial charge in [0.2, 0.25) is 0 Å². The lowest BCUT2D eigenvalue weighted by Crippen LogP contribution is -2.40. The Morgan fingerprint density at radius 3 is 2.67 bits per heavy atom. The Morgan fingerprint density at radius 1 is 1.20 bits per heavy atom. The molecule has 1 aliphatic heterocycles. The van der Waals surface area contributed by atoms with Gasteiger partial charge in [-0.3, -0.25) is 4.79 Å². The van der Waals surface area contributed by atoms with Gasteiger partial charge in [-0.1, -0.05) is 32.0 Å². The second-order valence-corrected chi connectivity index (χ2v) is 9.94. The monoisotopic (exact) mass is 540 g/mol. The summed E-state index contributed by atoms with van der Waals surface area (Å²) in [5.41, 5.74) is 13.4. The molecule has 0 aliphatic carbocycles. The molecule has 3 heterocycles. The normalized spacial score (nSPS) is 15.8. The second kappa shape index (κ2) is 11.0. The summed E-state index contributed by atoms with van der Waals surface area (Å²) in [5, 5.41) is 14.8. The van der Waals surface area contributed by atoms with Gasteiger partial charge in [-0.05, 0) is 43.0 Å². The van der Waals surface area contributed by atoms with E-state index in [0.717, 1.165) is 6.42 Å². The minimum Gasteiger partial charge on any atom is -0.457 e. The third-order valence-corrected chi connectivity index (χ3v) is 6.99. The zero-order valence-corrected chi connectivity index (χ0v) is 22.2. The first-order valence-electron chi connectivity index (χ1n) is 13.0. The van der Waals surface area contributed by atoms with Crippen molar-refractivity contribution in [3.63, 3.8) is 0 Å². The van der Waals surface area contributed by atoms with Crippen LogP contribution in [0, 0.1) is 23.1 Å². The highest BCUT2D eigenvalue weighted by Crippen LogP contribution is 2.35. The molecule has 1 saturated heterocycles. The number of carbonyl (C=O) groups is 1. The van der Waals surface area contributed by atoms with Gasteiger partial charge >= 0.3 is 0 Å². The third-order valence-electron chi connectivity index (χ3n) is 6.99. The Balaban J connectivity index is 1.48. The number of para-hydroxylation sites is 1. The number of nitriles is 1. The number of rotatable bonds is 7. The number of aromatic nitrogens is 4. The van der Waals surface area contributed by atoms with Crippen molar-refractivity contribution in [3.05, 3.63) is 71.9 Å². The molecule has 1 aliphatic rings. The maximum Gasteiger partial charge on any atom is 0.266 e. The molecule has 10 nitrogen and oxygen atoms in total. The van der Waals surface area contributed by atoms with E-state index in [2.05, 4.69) is 9.97 Å². The first kappa shape index (κ1) is 26.6. The fraction of sp³-hybridized carbons (Fsp3) is 0.276. The average Bonchev–Trinajstić information content (AvgIpc) is 3.55. The summed E-state index contributed by atoms with van der Waals surface area (Å²) in [4.78, 5) is 23.4. The van der Waals surface area contributed by atoms with Crippen LogP contribution >= 0.6 is 0 Å². The number of nitrogen functional groups attached to an aromatic ring is 1. The van der Waals surface area contributed by atoms with Crippen LogP contribution in [-0.2, 0) is 11.3 Å². The van der Waals surface area contributed by atoms with Gasteiger partial charge < -0.3 is 21.1 Å². The number of benzene rings is 2. The summed E-state index contributed by atoms with van der Waals surface area (Å²) >= 11 is 0. The predicted molar refractivity (Wildman–Crippen MR) is 148 cm³/mol. The van der Waals surface area contributed by atoms with E-state index in [-0.39, 0.29) is 46.8 Å². The van der Waals surface area contributed by atoms with Crippen LogP contribution in [0.2, 0.25) is 0 Å². The first-order valence-corrected chi connectivity index (χ1v) is 13.0. The number of likely N-dealkylation sites (tertiary alicyclic amines) is 1. The van der Waals surface area contributed by atoms with E-state index < -0.39 is 11.7 Å². The Hall–Kier alpha value is -4.98. The van der Waals surface area contributed by atoms with Crippen LogP contribution in [0.1, 0.15) is 26.7 Å². The van der Waals surface area contributed by atoms with Gasteiger partial charge in [-0.25, -0.2) is 19.0 Å². The molecule has 0 bridgehead atoms. The SMILES string of the molecule is CC(C)C(N)=C(C#N)C(=O)N1CCCC1Cn1nc(-c2ccc(Oc3ccccc3)cc2F)c2c(N)ncnc21. The topological polar surface area (TPSA) is 149 Å². The van der Waals surface area contributed by atoms with Crippen molar-refractivity contribution in [2.24, 2.45) is 11.7 Å². The first-order chi connectivity index (χ1) is 19.3. The number of amides is 1. The van der Waals surface area contributed by atoms with Crippen LogP contribution in [0.15, 0.2) is 66.1 Å². The molecule has 40 heavy (non-hydrogen) atoms. The van der Waals surface area contributed by atoms with E-state index >= 15 is 4.39 Å². The Labute approximate surface area is 230 Å². The van der Waals surface area contributed by atoms with Crippen molar-refractivity contribution in [1.82, 2.24) is 24.6 Å². The van der Waals surface area contributed by atoms with E-state index in [9.17, 15) is 10.1 Å². The van der Waals surface area contributed by atoms with Crippen LogP contribution in [0.4, 0.5) is 10.2 Å². The number of allylic oxidation sites excluding steroid dienone is 1. The fourth-order valence-electron chi connectivity index (χ4n) is 4.88. The number of carbonyl (C=O) groups excluding carboxylic acids is 1. The fourth-order valence-corrected chi connectivity index (χ4v) is 4.88. The highest BCUT2D eigenvalue weighted by molar-refractivity contribution is 5.99. The Bertz CT molecular complexity index is 1640. The molecule has 1 fully saturated rings. The van der Waals surface area contributed by atoms with E-state index in [4.69, 9.17) is 21.3 Å². The number of nitrogens with two attached hydrogens (primary N) is 2. The third kappa shape index (κ3) is 5.03. The van der Waals surface area contributed by atoms with Gasteiger partial charge in [0, 0.05) is 23.9 Å². The molecular formula is C29H29FN8O2. The molecule has 2 aromatic heterocycles. The number of nitrogens with zero attached hydrogens (tertiary/aromatic N) is 6. The Morgan fingerprint density at radius 2 is 1.98 bits per heavy atom. The maximum absolute atomic E-state index is 15.4. The summed E-state index contributed by atoms with van der Waals surface area (Å²) in [6, 6.07) is 15.3. The van der Waals surface area contributed by atoms with Crippen molar-refractivity contribution in [1.29, 1.82) is 5.26 Å². The molecule has 1 atom stereocenters. The molecule has 4 N–H and O–H groups in total. The minimum atomic E-state index is -0.547. The van der Waals surface area contributed by atoms with Gasteiger partial charge in [0.1, 0.15) is 46.8 Å². The van der Waals surface area contributed by atoms with Crippen molar-refractivity contribution < 1.29 is 13.9 Å². The summed E-state index contributed by atoms with van der Waals surface area (Å²) in [7, 11) is 0. The van der Waals surface area contributed by atoms with E-state index in [1.165, 1.54) is 12.4 Å². The summed E-state index contributed by atoms with van der Waals surface area (Å²) < 4.78 is 22.8. The van der Waals surface area contributed by atoms with Gasteiger partial charge in [0.05, 0.1) is 18.0 Å². The van der Waals surface area contributed by atoms with Gasteiger partial charge in [0.15, 0.2) is 5.65 Å². The lowest BCUT2D eigenvalue weighted by molar-refractivity contribution is -0.127. The minimum absolute atomic E-state index is 0.0423. The molecule has 11 heteroatoms. The van der Waals surface area contributed by atoms with Gasteiger partial charge in [-0.2, -0.15) is 10.4 Å². The van der Waals surface area contributed by atoms with Crippen molar-refractivity contribution in [2.75, 3.05) is 12.3 Å². The van der Waals surface area contributed by atoms with E-state index in [1.54, 1.807) is 33.8 Å². The molecule has 204 valence electrons. The van der Waals surface area contributed by atoms with Crippen molar-refractivity contribution in [2.45, 2.75) is 39.3 Å². The summed E-state index contributed by atoms with van der Waals surface area (Å²) in [6.45, 7) is 4.43. The van der Waals surface area contributed by atoms with Gasteiger partial charge in [0.25, 0.3) is 5.91 Å². The second-order valence-electron chi connectivity index (χ2n) is 9.94. The summed E-state index contributed by atoms with van der Waals surface area (Å²) in [5.74, 6) is -0.00827. The maximum atomic E-state index is 15.4. The number of fused-ring (bicyclic) bond motifs is 1. The highest BCUT2D eigenvalue weighted by Gasteiger charge is 2.33. The molecule has 4 aromatic rings. The number of halogens is 1. The Kier molecular flexibility index (Phi) is 7.33. The van der Waals surface area contributed by atoms with E-state index in [0.29, 0.717) is 35.5 Å². The summed E-state index contributed by atoms with van der Waals surface area (Å²) in [6.07, 6.45) is 2.78. The largest absolute Gasteiger partial charge is 0.457 e. The van der Waals surface area contributed by atoms with Crippen LogP contribution in [0.25, 0.3) is 22.3 Å². The number of hydrogen-bond donors (Lipinski definition) is 2. The predicted octanol–water partition coefficient (Wildman–Crippen LogP) is 4.39. The van der Waals surface area contributed by atoms with Crippen LogP contribution < -0.4 is 16.2 Å². The van der Waals surface area contributed by atoms with Crippen LogP contribution in [0.3, 0.4) is 0 Å². The smallest absolute Gasteiger partial charge is 0.266 e. The van der Waals surface area contributed by atoms with Crippen LogP contribution in [0.5, 0.6) is 11.5 Å². The molecule has 0 radical (unpaired) electrons. The molecule has 2 aromatic carbocycles. The van der Waals surface area contributed by atoms with Gasteiger partial charge in [-0.15, -0.1) is 0 Å². The molecule has 1 unspecified atom stereocenters. The van der Waals surface area contributed by atoms with E-state index in [1.807, 2.05) is 38.1 Å². The number of ether oxygens (including phenoxy) is 1. The molecular weight excluding hydrogens is 511 g/mol. The molecule has 1 amide bonds. The average molecular weight is 541 g/mol. The standard InChI is InChI=1S/C29H29FN8O2/c1-17(2)25(32)22(14-31)29(39)37-12-6-7-18(37)15-38-28-24(27(33)34-16-35-28)26(36-38)21-11-10-20(13-23(21)30)40-19-8-4-3-5-9-19/h3-5,8-11,13,16-18H,6-7,12,15,32H2,1-2H3,(H2,33,34,35). The van der Waals surface area contributed by atoms with Crippen molar-refractivity contribution >= 4 is 22.8 Å². The zero-order chi connectivity index (χ0) is 28.4. The van der Waals surface area contributed by atoms with Crippen LogP contribution in [-0.4, -0.2) is 43.1 Å². The molecule has 0 saturated carbocycles. The number of anilines is 1. The highest BCUT2D eigenvalue weighted by atomic mass is 19.1. The lowest BCUT2D eigenvalue weighted by atomic mass is 10.0. The van der Waals surface area contributed by atoms with Crippen molar-refractivity contribution in [3.8, 4) is 28.8 Å². The number of hydrogen-bond acceptors (Lipinski definition) is 8. The lowest BCUT2D eigenvalue weighted by Gasteiger charge is -2.25.